The lowest BCUT2D eigenvalue weighted by Crippen LogP contribution is -2.17. The lowest BCUT2D eigenvalue weighted by molar-refractivity contribution is -0.116. The molecule has 2 aromatic rings. The van der Waals surface area contributed by atoms with Crippen LogP contribution >= 0.6 is 0 Å². The van der Waals surface area contributed by atoms with E-state index in [1.54, 1.807) is 0 Å². The first-order valence-electron chi connectivity index (χ1n) is 6.54. The summed E-state index contributed by atoms with van der Waals surface area (Å²) in [6.45, 7) is 1.94. The van der Waals surface area contributed by atoms with Crippen molar-refractivity contribution in [3.63, 3.8) is 0 Å². The summed E-state index contributed by atoms with van der Waals surface area (Å²) < 4.78 is 1.51. The number of hydrogen-bond donors (Lipinski definition) is 2. The van der Waals surface area contributed by atoms with Crippen molar-refractivity contribution in [2.75, 3.05) is 5.32 Å². The molecule has 1 atom stereocenters. The number of aromatic nitrogens is 4. The number of rotatable bonds is 6. The van der Waals surface area contributed by atoms with Gasteiger partial charge in [-0.15, -0.1) is 5.10 Å². The zero-order chi connectivity index (χ0) is 14.4. The van der Waals surface area contributed by atoms with Crippen LogP contribution in [-0.2, 0) is 4.79 Å². The maximum absolute atomic E-state index is 11.9. The summed E-state index contributed by atoms with van der Waals surface area (Å²) in [5.41, 5.74) is 7.08. The molecule has 0 aliphatic rings. The van der Waals surface area contributed by atoms with E-state index in [0.29, 0.717) is 12.1 Å². The van der Waals surface area contributed by atoms with Gasteiger partial charge in [0.15, 0.2) is 0 Å². The Morgan fingerprint density at radius 1 is 1.45 bits per heavy atom. The molecule has 3 N–H and O–H groups in total. The molecule has 2 rings (SSSR count). The summed E-state index contributed by atoms with van der Waals surface area (Å²) in [5, 5.41) is 13.9. The average molecular weight is 274 g/mol. The molecule has 20 heavy (non-hydrogen) atoms. The quantitative estimate of drug-likeness (QED) is 0.822. The number of carbonyl (C=O) groups is 1. The van der Waals surface area contributed by atoms with Crippen molar-refractivity contribution in [3.8, 4) is 5.69 Å². The highest BCUT2D eigenvalue weighted by Gasteiger charge is 2.09. The molecule has 0 aliphatic heterocycles. The number of nitrogens with zero attached hydrogens (tertiary/aromatic N) is 4. The molecule has 1 aromatic heterocycles. The molecular weight excluding hydrogens is 256 g/mol. The second-order valence-corrected chi connectivity index (χ2v) is 4.69. The van der Waals surface area contributed by atoms with E-state index in [1.807, 2.05) is 31.2 Å². The van der Waals surface area contributed by atoms with E-state index in [0.717, 1.165) is 18.5 Å². The Bertz CT molecular complexity index is 552. The number of para-hydroxylation sites is 2. The van der Waals surface area contributed by atoms with Crippen molar-refractivity contribution >= 4 is 11.6 Å². The molecule has 1 heterocycles. The number of benzene rings is 1. The van der Waals surface area contributed by atoms with E-state index >= 15 is 0 Å². The third-order valence-electron chi connectivity index (χ3n) is 2.84. The lowest BCUT2D eigenvalue weighted by atomic mass is 10.1. The molecular formula is C13H18N6O. The Balaban J connectivity index is 2.01. The fraction of sp³-hybridized carbons (Fsp3) is 0.385. The molecule has 0 bridgehead atoms. The minimum absolute atomic E-state index is 0.0359. The van der Waals surface area contributed by atoms with Gasteiger partial charge in [-0.05, 0) is 42.3 Å². The normalized spacial score (nSPS) is 12.1. The molecule has 106 valence electrons. The van der Waals surface area contributed by atoms with Gasteiger partial charge in [0.25, 0.3) is 0 Å². The molecule has 1 unspecified atom stereocenters. The Morgan fingerprint density at radius 3 is 2.95 bits per heavy atom. The van der Waals surface area contributed by atoms with Gasteiger partial charge in [-0.1, -0.05) is 12.1 Å². The number of nitrogens with two attached hydrogens (primary N) is 1. The topological polar surface area (TPSA) is 98.7 Å². The third-order valence-corrected chi connectivity index (χ3v) is 2.84. The minimum Gasteiger partial charge on any atom is -0.328 e. The number of amides is 1. The van der Waals surface area contributed by atoms with Crippen LogP contribution in [0.5, 0.6) is 0 Å². The number of hydrogen-bond acceptors (Lipinski definition) is 5. The summed E-state index contributed by atoms with van der Waals surface area (Å²) in [7, 11) is 0. The molecule has 7 nitrogen and oxygen atoms in total. The third kappa shape index (κ3) is 3.86. The van der Waals surface area contributed by atoms with E-state index in [2.05, 4.69) is 20.8 Å². The lowest BCUT2D eigenvalue weighted by Gasteiger charge is -2.10. The van der Waals surface area contributed by atoms with Crippen molar-refractivity contribution in [1.82, 2.24) is 20.2 Å². The van der Waals surface area contributed by atoms with Crippen LogP contribution in [0.4, 0.5) is 5.69 Å². The first-order chi connectivity index (χ1) is 9.66. The van der Waals surface area contributed by atoms with Crippen molar-refractivity contribution in [3.05, 3.63) is 30.6 Å². The van der Waals surface area contributed by atoms with Gasteiger partial charge < -0.3 is 11.1 Å². The summed E-state index contributed by atoms with van der Waals surface area (Å²) in [6, 6.07) is 7.50. The van der Waals surface area contributed by atoms with Crippen LogP contribution in [-0.4, -0.2) is 32.2 Å². The highest BCUT2D eigenvalue weighted by atomic mass is 16.1. The molecule has 0 aliphatic carbocycles. The van der Waals surface area contributed by atoms with E-state index in [-0.39, 0.29) is 11.9 Å². The van der Waals surface area contributed by atoms with Gasteiger partial charge >= 0.3 is 0 Å². The van der Waals surface area contributed by atoms with Gasteiger partial charge in [-0.3, -0.25) is 4.79 Å². The zero-order valence-electron chi connectivity index (χ0n) is 11.4. The molecule has 1 amide bonds. The zero-order valence-corrected chi connectivity index (χ0v) is 11.4. The first kappa shape index (κ1) is 14.1. The predicted octanol–water partition coefficient (Wildman–Crippen LogP) is 1.12. The van der Waals surface area contributed by atoms with Crippen molar-refractivity contribution in [2.45, 2.75) is 32.2 Å². The molecule has 0 spiro atoms. The summed E-state index contributed by atoms with van der Waals surface area (Å²) >= 11 is 0. The molecule has 0 fully saturated rings. The summed E-state index contributed by atoms with van der Waals surface area (Å²) in [6.07, 6.45) is 3.55. The predicted molar refractivity (Wildman–Crippen MR) is 75.3 cm³/mol. The molecule has 0 saturated carbocycles. The van der Waals surface area contributed by atoms with Crippen molar-refractivity contribution in [1.29, 1.82) is 0 Å². The van der Waals surface area contributed by atoms with Crippen LogP contribution in [0.25, 0.3) is 5.69 Å². The van der Waals surface area contributed by atoms with Crippen LogP contribution in [0.3, 0.4) is 0 Å². The smallest absolute Gasteiger partial charge is 0.224 e. The fourth-order valence-corrected chi connectivity index (χ4v) is 1.85. The van der Waals surface area contributed by atoms with Crippen LogP contribution in [0.15, 0.2) is 30.6 Å². The Labute approximate surface area is 117 Å². The highest BCUT2D eigenvalue weighted by Crippen LogP contribution is 2.18. The summed E-state index contributed by atoms with van der Waals surface area (Å²) in [5.74, 6) is -0.0359. The number of nitrogens with one attached hydrogen (secondary N) is 1. The molecule has 0 saturated heterocycles. The van der Waals surface area contributed by atoms with Crippen LogP contribution < -0.4 is 11.1 Å². The van der Waals surface area contributed by atoms with E-state index in [9.17, 15) is 4.79 Å². The first-order valence-corrected chi connectivity index (χ1v) is 6.54. The van der Waals surface area contributed by atoms with E-state index in [4.69, 9.17) is 5.73 Å². The number of anilines is 1. The van der Waals surface area contributed by atoms with Crippen LogP contribution in [0.1, 0.15) is 26.2 Å². The van der Waals surface area contributed by atoms with Gasteiger partial charge in [-0.2, -0.15) is 4.68 Å². The number of tetrazole rings is 1. The maximum Gasteiger partial charge on any atom is 0.224 e. The Hall–Kier alpha value is -2.28. The number of carbonyl (C=O) groups excluding carboxylic acids is 1. The van der Waals surface area contributed by atoms with Gasteiger partial charge in [0.05, 0.1) is 11.4 Å². The average Bonchev–Trinajstić information content (AvgIpc) is 2.92. The van der Waals surface area contributed by atoms with Crippen molar-refractivity contribution < 1.29 is 4.79 Å². The Morgan fingerprint density at radius 2 is 2.25 bits per heavy atom. The molecule has 7 heteroatoms. The monoisotopic (exact) mass is 274 g/mol. The van der Waals surface area contributed by atoms with Gasteiger partial charge in [0, 0.05) is 12.5 Å². The minimum atomic E-state index is -0.0359. The SMILES string of the molecule is CC(N)CCCC(=O)Nc1ccccc1-n1cnnn1. The fourth-order valence-electron chi connectivity index (χ4n) is 1.85. The van der Waals surface area contributed by atoms with Gasteiger partial charge in [-0.25, -0.2) is 0 Å². The Kier molecular flexibility index (Phi) is 4.78. The molecule has 1 aromatic carbocycles. The second kappa shape index (κ2) is 6.76. The summed E-state index contributed by atoms with van der Waals surface area (Å²) in [4.78, 5) is 11.9. The maximum atomic E-state index is 11.9. The van der Waals surface area contributed by atoms with Crippen LogP contribution in [0, 0.1) is 0 Å². The largest absolute Gasteiger partial charge is 0.328 e. The van der Waals surface area contributed by atoms with E-state index in [1.165, 1.54) is 11.0 Å². The molecule has 0 radical (unpaired) electrons. The highest BCUT2D eigenvalue weighted by molar-refractivity contribution is 5.92. The second-order valence-electron chi connectivity index (χ2n) is 4.69. The standard InChI is InChI=1S/C13H18N6O/c1-10(14)5-4-8-13(20)16-11-6-2-3-7-12(11)19-9-15-17-18-19/h2-3,6-7,9-10H,4-5,8,14H2,1H3,(H,16,20). The van der Waals surface area contributed by atoms with Gasteiger partial charge in [0.2, 0.25) is 5.91 Å². The van der Waals surface area contributed by atoms with Gasteiger partial charge in [0.1, 0.15) is 6.33 Å². The van der Waals surface area contributed by atoms with Crippen LogP contribution in [0.2, 0.25) is 0 Å². The van der Waals surface area contributed by atoms with Crippen molar-refractivity contribution in [2.24, 2.45) is 5.73 Å². The van der Waals surface area contributed by atoms with E-state index < -0.39 is 0 Å².